The summed E-state index contributed by atoms with van der Waals surface area (Å²) in [7, 11) is 0. The number of rotatable bonds is 2. The number of carbonyl (C=O) groups excluding carboxylic acids is 1. The van der Waals surface area contributed by atoms with Gasteiger partial charge < -0.3 is 0 Å². The minimum absolute atomic E-state index is 0.0225. The average Bonchev–Trinajstić information content (AvgIpc) is 2.60. The van der Waals surface area contributed by atoms with Gasteiger partial charge in [-0.15, -0.1) is 0 Å². The van der Waals surface area contributed by atoms with Crippen LogP contribution in [0.1, 0.15) is 17.3 Å². The van der Waals surface area contributed by atoms with Crippen LogP contribution >= 0.6 is 11.6 Å². The minimum Gasteiger partial charge on any atom is -0.295 e. The molecule has 0 spiro atoms. The van der Waals surface area contributed by atoms with Crippen LogP contribution < -0.4 is 0 Å². The fraction of sp³-hybridized carbons (Fsp3) is 0.0500. The molecule has 4 aromatic rings. The molecule has 24 heavy (non-hydrogen) atoms. The van der Waals surface area contributed by atoms with Gasteiger partial charge in [-0.05, 0) is 31.2 Å². The number of ketones is 1. The van der Waals surface area contributed by atoms with E-state index in [-0.39, 0.29) is 5.78 Å². The third-order valence-electron chi connectivity index (χ3n) is 4.10. The Morgan fingerprint density at radius 2 is 1.88 bits per heavy atom. The summed E-state index contributed by atoms with van der Waals surface area (Å²) in [4.78, 5) is 20.8. The van der Waals surface area contributed by atoms with Crippen molar-refractivity contribution >= 4 is 39.1 Å². The Hall–Kier alpha value is -2.78. The van der Waals surface area contributed by atoms with Crippen molar-refractivity contribution in [3.05, 3.63) is 71.5 Å². The molecule has 4 heteroatoms. The van der Waals surface area contributed by atoms with E-state index in [4.69, 9.17) is 16.6 Å². The van der Waals surface area contributed by atoms with Gasteiger partial charge in [0.2, 0.25) is 0 Å². The molecule has 0 aliphatic heterocycles. The summed E-state index contributed by atoms with van der Waals surface area (Å²) in [6.45, 7) is 1.56. The summed E-state index contributed by atoms with van der Waals surface area (Å²) in [5.41, 5.74) is 3.20. The standard InChI is InChI=1S/C20H13ClN2O/c1-12(24)13-5-6-16-18-11-22-8-7-17(18)20(23-19(16)10-13)14-3-2-4-15(21)9-14/h2-11H,1H3. The van der Waals surface area contributed by atoms with Crippen molar-refractivity contribution in [3.63, 3.8) is 0 Å². The third-order valence-corrected chi connectivity index (χ3v) is 4.34. The lowest BCUT2D eigenvalue weighted by Crippen LogP contribution is -1.95. The molecule has 0 bridgehead atoms. The van der Waals surface area contributed by atoms with Crippen molar-refractivity contribution in [2.75, 3.05) is 0 Å². The van der Waals surface area contributed by atoms with Gasteiger partial charge >= 0.3 is 0 Å². The predicted molar refractivity (Wildman–Crippen MR) is 97.5 cm³/mol. The van der Waals surface area contributed by atoms with Gasteiger partial charge in [-0.25, -0.2) is 4.98 Å². The summed E-state index contributed by atoms with van der Waals surface area (Å²) in [5.74, 6) is 0.0225. The maximum atomic E-state index is 11.7. The molecule has 0 unspecified atom stereocenters. The highest BCUT2D eigenvalue weighted by atomic mass is 35.5. The van der Waals surface area contributed by atoms with Gasteiger partial charge in [0, 0.05) is 44.7 Å². The Kier molecular flexibility index (Phi) is 3.51. The van der Waals surface area contributed by atoms with Crippen LogP contribution in [0, 0.1) is 0 Å². The minimum atomic E-state index is 0.0225. The molecule has 0 saturated carbocycles. The number of hydrogen-bond acceptors (Lipinski definition) is 3. The normalized spacial score (nSPS) is 11.1. The number of fused-ring (bicyclic) bond motifs is 3. The molecule has 0 saturated heterocycles. The quantitative estimate of drug-likeness (QED) is 0.369. The maximum Gasteiger partial charge on any atom is 0.159 e. The van der Waals surface area contributed by atoms with E-state index in [1.165, 1.54) is 0 Å². The van der Waals surface area contributed by atoms with Crippen LogP contribution in [0.5, 0.6) is 0 Å². The van der Waals surface area contributed by atoms with Crippen LogP contribution in [0.25, 0.3) is 32.9 Å². The first-order chi connectivity index (χ1) is 11.6. The highest BCUT2D eigenvalue weighted by Crippen LogP contribution is 2.33. The number of pyridine rings is 2. The second-order valence-electron chi connectivity index (χ2n) is 5.68. The Labute approximate surface area is 143 Å². The van der Waals surface area contributed by atoms with Gasteiger partial charge in [-0.2, -0.15) is 0 Å². The molecule has 0 amide bonds. The molecule has 3 nitrogen and oxygen atoms in total. The Morgan fingerprint density at radius 1 is 1.00 bits per heavy atom. The predicted octanol–water partition coefficient (Wildman–Crippen LogP) is 5.31. The van der Waals surface area contributed by atoms with Crippen molar-refractivity contribution in [2.24, 2.45) is 0 Å². The van der Waals surface area contributed by atoms with Crippen molar-refractivity contribution in [3.8, 4) is 11.3 Å². The van der Waals surface area contributed by atoms with Gasteiger partial charge in [-0.1, -0.05) is 35.9 Å². The van der Waals surface area contributed by atoms with E-state index < -0.39 is 0 Å². The van der Waals surface area contributed by atoms with Gasteiger partial charge in [0.1, 0.15) is 0 Å². The largest absolute Gasteiger partial charge is 0.295 e. The van der Waals surface area contributed by atoms with E-state index in [1.807, 2.05) is 54.7 Å². The number of carbonyl (C=O) groups is 1. The molecule has 0 radical (unpaired) electrons. The lowest BCUT2D eigenvalue weighted by Gasteiger charge is -2.10. The van der Waals surface area contributed by atoms with Crippen LogP contribution in [0.4, 0.5) is 0 Å². The SMILES string of the molecule is CC(=O)c1ccc2c(c1)nc(-c1cccc(Cl)c1)c1ccncc12. The molecule has 2 aromatic carbocycles. The first-order valence-corrected chi connectivity index (χ1v) is 7.95. The molecule has 0 N–H and O–H groups in total. The molecule has 4 rings (SSSR count). The van der Waals surface area contributed by atoms with E-state index in [0.29, 0.717) is 10.6 Å². The Morgan fingerprint density at radius 3 is 2.67 bits per heavy atom. The number of nitrogens with zero attached hydrogens (tertiary/aromatic N) is 2. The number of hydrogen-bond donors (Lipinski definition) is 0. The molecule has 116 valence electrons. The van der Waals surface area contributed by atoms with Gasteiger partial charge in [0.25, 0.3) is 0 Å². The molecule has 0 aliphatic rings. The molecule has 2 aromatic heterocycles. The molecule has 0 atom stereocenters. The highest BCUT2D eigenvalue weighted by Gasteiger charge is 2.12. The van der Waals surface area contributed by atoms with E-state index in [2.05, 4.69) is 4.98 Å². The Bertz CT molecular complexity index is 1110. The second-order valence-corrected chi connectivity index (χ2v) is 6.12. The van der Waals surface area contributed by atoms with E-state index in [9.17, 15) is 4.79 Å². The Balaban J connectivity index is 2.12. The third kappa shape index (κ3) is 2.43. The molecular formula is C20H13ClN2O. The van der Waals surface area contributed by atoms with Gasteiger partial charge in [-0.3, -0.25) is 9.78 Å². The van der Waals surface area contributed by atoms with Gasteiger partial charge in [0.05, 0.1) is 11.2 Å². The highest BCUT2D eigenvalue weighted by molar-refractivity contribution is 6.31. The van der Waals surface area contributed by atoms with E-state index in [1.54, 1.807) is 13.1 Å². The molecule has 0 fully saturated rings. The molecular weight excluding hydrogens is 320 g/mol. The smallest absolute Gasteiger partial charge is 0.159 e. The summed E-state index contributed by atoms with van der Waals surface area (Å²) in [6, 6.07) is 15.2. The monoisotopic (exact) mass is 332 g/mol. The van der Waals surface area contributed by atoms with Crippen molar-refractivity contribution in [1.82, 2.24) is 9.97 Å². The summed E-state index contributed by atoms with van der Waals surface area (Å²) in [5, 5.41) is 3.66. The topological polar surface area (TPSA) is 42.9 Å². The fourth-order valence-electron chi connectivity index (χ4n) is 2.92. The van der Waals surface area contributed by atoms with Crippen molar-refractivity contribution in [1.29, 1.82) is 0 Å². The molecule has 0 aliphatic carbocycles. The number of aromatic nitrogens is 2. The molecule has 2 heterocycles. The summed E-state index contributed by atoms with van der Waals surface area (Å²) >= 11 is 6.15. The van der Waals surface area contributed by atoms with Crippen molar-refractivity contribution < 1.29 is 4.79 Å². The fourth-order valence-corrected chi connectivity index (χ4v) is 3.11. The number of benzene rings is 2. The van der Waals surface area contributed by atoms with Crippen LogP contribution in [0.2, 0.25) is 5.02 Å². The summed E-state index contributed by atoms with van der Waals surface area (Å²) < 4.78 is 0. The van der Waals surface area contributed by atoms with Crippen LogP contribution in [0.15, 0.2) is 60.9 Å². The zero-order valence-corrected chi connectivity index (χ0v) is 13.7. The summed E-state index contributed by atoms with van der Waals surface area (Å²) in [6.07, 6.45) is 3.59. The van der Waals surface area contributed by atoms with Crippen LogP contribution in [-0.2, 0) is 0 Å². The number of halogens is 1. The lowest BCUT2D eigenvalue weighted by molar-refractivity contribution is 0.101. The van der Waals surface area contributed by atoms with Crippen LogP contribution in [-0.4, -0.2) is 15.8 Å². The lowest BCUT2D eigenvalue weighted by atomic mass is 10.00. The average molecular weight is 333 g/mol. The zero-order chi connectivity index (χ0) is 16.7. The second kappa shape index (κ2) is 5.69. The van der Waals surface area contributed by atoms with E-state index in [0.717, 1.165) is 32.9 Å². The van der Waals surface area contributed by atoms with Crippen molar-refractivity contribution in [2.45, 2.75) is 6.92 Å². The first-order valence-electron chi connectivity index (χ1n) is 7.58. The first kappa shape index (κ1) is 14.8. The number of Topliss-reactive ketones (excluding diaryl/α,β-unsaturated/α-hetero) is 1. The zero-order valence-electron chi connectivity index (χ0n) is 13.0. The van der Waals surface area contributed by atoms with Crippen LogP contribution in [0.3, 0.4) is 0 Å². The van der Waals surface area contributed by atoms with E-state index >= 15 is 0 Å². The van der Waals surface area contributed by atoms with Gasteiger partial charge in [0.15, 0.2) is 5.78 Å². The maximum absolute atomic E-state index is 11.7.